The highest BCUT2D eigenvalue weighted by Gasteiger charge is 2.37. The zero-order valence-electron chi connectivity index (χ0n) is 26.5. The van der Waals surface area contributed by atoms with E-state index < -0.39 is 0 Å². The molecule has 5 rings (SSSR count). The summed E-state index contributed by atoms with van der Waals surface area (Å²) in [7, 11) is 2.01. The van der Waals surface area contributed by atoms with Gasteiger partial charge in [0.15, 0.2) is 0 Å². The Bertz CT molecular complexity index is 1680. The first kappa shape index (κ1) is 30.2. The van der Waals surface area contributed by atoms with Gasteiger partial charge in [-0.05, 0) is 57.3 Å². The number of ether oxygens (including phenoxy) is 1. The van der Waals surface area contributed by atoms with Gasteiger partial charge >= 0.3 is 0 Å². The maximum atomic E-state index is 14.2. The fraction of sp³-hybridized carbons (Fsp3) is 0.316. The van der Waals surface area contributed by atoms with E-state index in [0.29, 0.717) is 42.0 Å². The Kier molecular flexibility index (Phi) is 8.06. The topological polar surface area (TPSA) is 49.9 Å². The van der Waals surface area contributed by atoms with E-state index in [1.165, 1.54) is 4.90 Å². The van der Waals surface area contributed by atoms with Crippen LogP contribution < -0.4 is 9.80 Å². The SMILES string of the molecule is C=Cc1ccc(COCCN(C)c2ccc3c4c(cccc24)C(=O)N(c2cc(C(C)(C)C)ccc2C(C)(C)C)C3=O)cc1. The monoisotopic (exact) mass is 574 g/mol. The quantitative estimate of drug-likeness (QED) is 0.156. The minimum atomic E-state index is -0.287. The summed E-state index contributed by atoms with van der Waals surface area (Å²) in [5, 5.41) is 1.60. The fourth-order valence-corrected chi connectivity index (χ4v) is 5.71. The van der Waals surface area contributed by atoms with Gasteiger partial charge in [0, 0.05) is 41.2 Å². The van der Waals surface area contributed by atoms with Gasteiger partial charge in [0.25, 0.3) is 11.8 Å². The molecule has 222 valence electrons. The lowest BCUT2D eigenvalue weighted by molar-refractivity contribution is 0.0893. The normalized spacial score (nSPS) is 13.5. The predicted octanol–water partition coefficient (Wildman–Crippen LogP) is 8.53. The molecule has 0 saturated carbocycles. The lowest BCUT2D eigenvalue weighted by Gasteiger charge is -2.34. The molecule has 2 amide bonds. The lowest BCUT2D eigenvalue weighted by atomic mass is 9.80. The van der Waals surface area contributed by atoms with Crippen LogP contribution in [0.25, 0.3) is 16.8 Å². The molecule has 5 heteroatoms. The number of amides is 2. The molecule has 1 aliphatic rings. The van der Waals surface area contributed by atoms with Crippen molar-refractivity contribution in [1.82, 2.24) is 0 Å². The van der Waals surface area contributed by atoms with Crippen molar-refractivity contribution >= 4 is 40.0 Å². The Morgan fingerprint density at radius 3 is 2.14 bits per heavy atom. The molecule has 0 atom stereocenters. The maximum Gasteiger partial charge on any atom is 0.265 e. The number of likely N-dealkylation sites (N-methyl/N-ethyl adjacent to an activating group) is 1. The Balaban J connectivity index is 1.45. The molecule has 0 bridgehead atoms. The zero-order chi connectivity index (χ0) is 31.1. The van der Waals surface area contributed by atoms with Crippen molar-refractivity contribution in [3.05, 3.63) is 113 Å². The third kappa shape index (κ3) is 5.87. The van der Waals surface area contributed by atoms with Gasteiger partial charge in [-0.3, -0.25) is 9.59 Å². The number of rotatable bonds is 8. The molecule has 4 aromatic carbocycles. The van der Waals surface area contributed by atoms with Crippen LogP contribution in [0.5, 0.6) is 0 Å². The van der Waals surface area contributed by atoms with Crippen molar-refractivity contribution < 1.29 is 14.3 Å². The molecular weight excluding hydrogens is 532 g/mol. The van der Waals surface area contributed by atoms with Crippen molar-refractivity contribution in [2.24, 2.45) is 0 Å². The van der Waals surface area contributed by atoms with Crippen LogP contribution in [-0.2, 0) is 22.2 Å². The third-order valence-electron chi connectivity index (χ3n) is 8.26. The van der Waals surface area contributed by atoms with Crippen LogP contribution in [0.1, 0.15) is 84.5 Å². The Labute approximate surface area is 255 Å². The molecule has 0 radical (unpaired) electrons. The molecule has 1 aliphatic heterocycles. The van der Waals surface area contributed by atoms with Gasteiger partial charge in [-0.25, -0.2) is 4.90 Å². The summed E-state index contributed by atoms with van der Waals surface area (Å²) >= 11 is 0. The second-order valence-corrected chi connectivity index (χ2v) is 13.5. The molecule has 0 spiro atoms. The summed E-state index contributed by atoms with van der Waals surface area (Å²) in [6.45, 7) is 18.3. The van der Waals surface area contributed by atoms with E-state index in [1.807, 2.05) is 73.8 Å². The zero-order valence-corrected chi connectivity index (χ0v) is 26.5. The lowest BCUT2D eigenvalue weighted by Crippen LogP contribution is -2.42. The Morgan fingerprint density at radius 2 is 1.51 bits per heavy atom. The standard InChI is InChI=1S/C38H42N2O3/c1-9-25-13-15-26(16-14-25)24-43-22-21-39(8)32-20-18-30-34-28(32)11-10-12-29(34)35(41)40(36(30)42)33-23-27(37(2,3)4)17-19-31(33)38(5,6)7/h9-20,23H,1,21-22,24H2,2-8H3. The average molecular weight is 575 g/mol. The van der Waals surface area contributed by atoms with Crippen LogP contribution in [0.2, 0.25) is 0 Å². The van der Waals surface area contributed by atoms with E-state index >= 15 is 0 Å². The first-order valence-electron chi connectivity index (χ1n) is 14.9. The van der Waals surface area contributed by atoms with Crippen LogP contribution >= 0.6 is 0 Å². The van der Waals surface area contributed by atoms with Crippen LogP contribution in [0.15, 0.2) is 79.4 Å². The van der Waals surface area contributed by atoms with Crippen LogP contribution in [-0.4, -0.2) is 32.0 Å². The Morgan fingerprint density at radius 1 is 0.837 bits per heavy atom. The number of imide groups is 1. The Hall–Kier alpha value is -4.22. The molecule has 0 aromatic heterocycles. The molecule has 0 N–H and O–H groups in total. The van der Waals surface area contributed by atoms with Crippen LogP contribution in [0.3, 0.4) is 0 Å². The average Bonchev–Trinajstić information content (AvgIpc) is 2.97. The van der Waals surface area contributed by atoms with E-state index in [0.717, 1.165) is 33.3 Å². The number of anilines is 2. The second-order valence-electron chi connectivity index (χ2n) is 13.5. The number of carbonyl (C=O) groups excluding carboxylic acids is 2. The van der Waals surface area contributed by atoms with Gasteiger partial charge in [0.05, 0.1) is 18.9 Å². The van der Waals surface area contributed by atoms with Gasteiger partial charge in [-0.1, -0.05) is 103 Å². The highest BCUT2D eigenvalue weighted by atomic mass is 16.5. The molecule has 0 saturated heterocycles. The van der Waals surface area contributed by atoms with E-state index in [4.69, 9.17) is 4.74 Å². The maximum absolute atomic E-state index is 14.2. The predicted molar refractivity (Wildman–Crippen MR) is 178 cm³/mol. The second kappa shape index (κ2) is 11.5. The summed E-state index contributed by atoms with van der Waals surface area (Å²) in [6.07, 6.45) is 1.83. The summed E-state index contributed by atoms with van der Waals surface area (Å²) in [5.74, 6) is -0.574. The molecular formula is C38H42N2O3. The van der Waals surface area contributed by atoms with E-state index in [-0.39, 0.29) is 22.6 Å². The molecule has 4 aromatic rings. The van der Waals surface area contributed by atoms with Crippen molar-refractivity contribution in [3.63, 3.8) is 0 Å². The van der Waals surface area contributed by atoms with Crippen molar-refractivity contribution in [3.8, 4) is 0 Å². The molecule has 0 unspecified atom stereocenters. The first-order valence-corrected chi connectivity index (χ1v) is 14.9. The van der Waals surface area contributed by atoms with E-state index in [2.05, 4.69) is 65.2 Å². The summed E-state index contributed by atoms with van der Waals surface area (Å²) < 4.78 is 5.96. The minimum absolute atomic E-state index is 0.135. The molecule has 0 aliphatic carbocycles. The highest BCUT2D eigenvalue weighted by molar-refractivity contribution is 6.36. The van der Waals surface area contributed by atoms with Gasteiger partial charge < -0.3 is 9.64 Å². The van der Waals surface area contributed by atoms with Gasteiger partial charge in [0.2, 0.25) is 0 Å². The summed E-state index contributed by atoms with van der Waals surface area (Å²) in [6, 6.07) is 24.0. The summed E-state index contributed by atoms with van der Waals surface area (Å²) in [4.78, 5) is 31.9. The van der Waals surface area contributed by atoms with Crippen LogP contribution in [0.4, 0.5) is 11.4 Å². The molecule has 5 nitrogen and oxygen atoms in total. The third-order valence-corrected chi connectivity index (χ3v) is 8.26. The number of hydrogen-bond donors (Lipinski definition) is 0. The van der Waals surface area contributed by atoms with Gasteiger partial charge in [-0.2, -0.15) is 0 Å². The largest absolute Gasteiger partial charge is 0.375 e. The van der Waals surface area contributed by atoms with Crippen molar-refractivity contribution in [2.45, 2.75) is 59.0 Å². The smallest absolute Gasteiger partial charge is 0.265 e. The molecule has 1 heterocycles. The summed E-state index contributed by atoms with van der Waals surface area (Å²) in [5.41, 5.74) is 6.54. The van der Waals surface area contributed by atoms with E-state index in [1.54, 1.807) is 0 Å². The van der Waals surface area contributed by atoms with Gasteiger partial charge in [0.1, 0.15) is 0 Å². The number of nitrogens with zero attached hydrogens (tertiary/aromatic N) is 2. The first-order chi connectivity index (χ1) is 20.3. The molecule has 43 heavy (non-hydrogen) atoms. The fourth-order valence-electron chi connectivity index (χ4n) is 5.71. The van der Waals surface area contributed by atoms with E-state index in [9.17, 15) is 9.59 Å². The number of benzene rings is 4. The van der Waals surface area contributed by atoms with Crippen LogP contribution in [0, 0.1) is 0 Å². The van der Waals surface area contributed by atoms with Crippen molar-refractivity contribution in [2.75, 3.05) is 30.0 Å². The van der Waals surface area contributed by atoms with Crippen molar-refractivity contribution in [1.29, 1.82) is 0 Å². The highest BCUT2D eigenvalue weighted by Crippen LogP contribution is 2.41. The minimum Gasteiger partial charge on any atom is -0.375 e. The molecule has 0 fully saturated rings. The number of carbonyl (C=O) groups is 2. The van der Waals surface area contributed by atoms with Gasteiger partial charge in [-0.15, -0.1) is 0 Å². The number of hydrogen-bond acceptors (Lipinski definition) is 4.